The van der Waals surface area contributed by atoms with Gasteiger partial charge in [0.05, 0.1) is 29.7 Å². The smallest absolute Gasteiger partial charge is 0.257 e. The summed E-state index contributed by atoms with van der Waals surface area (Å²) >= 11 is 0. The minimum Gasteiger partial charge on any atom is -0.388 e. The fourth-order valence-electron chi connectivity index (χ4n) is 3.45. The van der Waals surface area contributed by atoms with Gasteiger partial charge >= 0.3 is 0 Å². The molecular weight excluding hydrogens is 270 g/mol. The average molecular weight is 293 g/mol. The highest BCUT2D eigenvalue weighted by molar-refractivity contribution is 5.95. The van der Waals surface area contributed by atoms with Crippen LogP contribution < -0.4 is 0 Å². The number of H-pyrrole nitrogens is 1. The molecule has 1 saturated heterocycles. The molecule has 0 aromatic carbocycles. The number of hydrogen-bond donors (Lipinski definition) is 2. The second kappa shape index (κ2) is 5.77. The number of hydrogen-bond acceptors (Lipinski definition) is 4. The summed E-state index contributed by atoms with van der Waals surface area (Å²) in [6, 6.07) is 0. The molecule has 1 amide bonds. The predicted molar refractivity (Wildman–Crippen MR) is 77.1 cm³/mol. The second-order valence-corrected chi connectivity index (χ2v) is 6.35. The molecule has 116 valence electrons. The molecule has 1 saturated carbocycles. The molecule has 2 N–H and O–H groups in total. The third-order valence-corrected chi connectivity index (χ3v) is 4.65. The topological polar surface area (TPSA) is 78.5 Å². The van der Waals surface area contributed by atoms with Crippen LogP contribution in [0.3, 0.4) is 0 Å². The molecule has 1 aliphatic heterocycles. The number of rotatable bonds is 4. The third kappa shape index (κ3) is 2.96. The summed E-state index contributed by atoms with van der Waals surface area (Å²) in [5.74, 6) is 0.139. The fraction of sp³-hybridized carbons (Fsp3) is 0.733. The van der Waals surface area contributed by atoms with Crippen LogP contribution in [-0.4, -0.2) is 58.5 Å². The Morgan fingerprint density at radius 1 is 1.57 bits per heavy atom. The largest absolute Gasteiger partial charge is 0.388 e. The number of nitrogens with zero attached hydrogens (tertiary/aromatic N) is 2. The number of likely N-dealkylation sites (N-methyl/N-ethyl adjacent to an activating group) is 1. The third-order valence-electron chi connectivity index (χ3n) is 4.65. The Hall–Kier alpha value is -1.40. The Kier molecular flexibility index (Phi) is 3.99. The van der Waals surface area contributed by atoms with Crippen molar-refractivity contribution in [2.75, 3.05) is 26.8 Å². The summed E-state index contributed by atoms with van der Waals surface area (Å²) in [6.45, 7) is 1.75. The predicted octanol–water partition coefficient (Wildman–Crippen LogP) is 1.29. The Balaban J connectivity index is 1.71. The van der Waals surface area contributed by atoms with E-state index in [4.69, 9.17) is 4.74 Å². The number of aliphatic hydroxyl groups is 1. The van der Waals surface area contributed by atoms with Gasteiger partial charge in [-0.1, -0.05) is 12.8 Å². The summed E-state index contributed by atoms with van der Waals surface area (Å²) in [5.41, 5.74) is 0.752. The van der Waals surface area contributed by atoms with Crippen LogP contribution in [0, 0.1) is 0 Å². The molecule has 0 bridgehead atoms. The summed E-state index contributed by atoms with van der Waals surface area (Å²) in [6.07, 6.45) is 6.13. The van der Waals surface area contributed by atoms with E-state index in [9.17, 15) is 9.90 Å². The van der Waals surface area contributed by atoms with Crippen molar-refractivity contribution >= 4 is 5.91 Å². The molecule has 2 aliphatic rings. The standard InChI is InChI=1S/C15H23N3O3/c1-18(10-15(20)5-2-3-6-15)14(19)12-8-16-17-13(12)11-4-7-21-9-11/h8,11,20H,2-7,9-10H2,1H3,(H,16,17)/t11-/m0/s1. The van der Waals surface area contributed by atoms with E-state index in [1.54, 1.807) is 18.1 Å². The van der Waals surface area contributed by atoms with Gasteiger partial charge in [-0.3, -0.25) is 9.89 Å². The highest BCUT2D eigenvalue weighted by Gasteiger charge is 2.34. The first-order valence-electron chi connectivity index (χ1n) is 7.68. The van der Waals surface area contributed by atoms with E-state index in [0.717, 1.165) is 44.4 Å². The summed E-state index contributed by atoms with van der Waals surface area (Å²) < 4.78 is 5.39. The van der Waals surface area contributed by atoms with Crippen molar-refractivity contribution in [2.45, 2.75) is 43.6 Å². The van der Waals surface area contributed by atoms with Crippen molar-refractivity contribution < 1.29 is 14.6 Å². The van der Waals surface area contributed by atoms with Crippen LogP contribution in [0.1, 0.15) is 54.1 Å². The highest BCUT2D eigenvalue weighted by Crippen LogP contribution is 2.31. The maximum absolute atomic E-state index is 12.6. The lowest BCUT2D eigenvalue weighted by atomic mass is 9.99. The van der Waals surface area contributed by atoms with E-state index in [1.807, 2.05) is 0 Å². The van der Waals surface area contributed by atoms with Crippen LogP contribution >= 0.6 is 0 Å². The van der Waals surface area contributed by atoms with Gasteiger partial charge in [-0.05, 0) is 19.3 Å². The Morgan fingerprint density at radius 2 is 2.33 bits per heavy atom. The normalized spacial score (nSPS) is 24.4. The lowest BCUT2D eigenvalue weighted by molar-refractivity contribution is 0.0156. The van der Waals surface area contributed by atoms with Crippen molar-refractivity contribution in [3.8, 4) is 0 Å². The van der Waals surface area contributed by atoms with E-state index in [-0.39, 0.29) is 11.8 Å². The molecule has 3 rings (SSSR count). The van der Waals surface area contributed by atoms with Crippen molar-refractivity contribution in [2.24, 2.45) is 0 Å². The highest BCUT2D eigenvalue weighted by atomic mass is 16.5. The van der Waals surface area contributed by atoms with Crippen molar-refractivity contribution in [1.82, 2.24) is 15.1 Å². The van der Waals surface area contributed by atoms with Gasteiger partial charge in [0.15, 0.2) is 0 Å². The van der Waals surface area contributed by atoms with Gasteiger partial charge < -0.3 is 14.7 Å². The van der Waals surface area contributed by atoms with Crippen LogP contribution in [0.4, 0.5) is 0 Å². The molecular formula is C15H23N3O3. The molecule has 1 atom stereocenters. The lowest BCUT2D eigenvalue weighted by Gasteiger charge is -2.28. The van der Waals surface area contributed by atoms with E-state index in [2.05, 4.69) is 10.2 Å². The first kappa shape index (κ1) is 14.5. The maximum Gasteiger partial charge on any atom is 0.257 e. The van der Waals surface area contributed by atoms with Crippen molar-refractivity contribution in [3.63, 3.8) is 0 Å². The number of aromatic amines is 1. The summed E-state index contributed by atoms with van der Waals surface area (Å²) in [4.78, 5) is 14.2. The van der Waals surface area contributed by atoms with Gasteiger partial charge in [-0.25, -0.2) is 0 Å². The van der Waals surface area contributed by atoms with Gasteiger partial charge in [0.2, 0.25) is 0 Å². The first-order valence-corrected chi connectivity index (χ1v) is 7.68. The zero-order valence-electron chi connectivity index (χ0n) is 12.5. The molecule has 6 heteroatoms. The molecule has 0 spiro atoms. The zero-order valence-corrected chi connectivity index (χ0v) is 12.5. The van der Waals surface area contributed by atoms with Gasteiger partial charge in [0.25, 0.3) is 5.91 Å². The van der Waals surface area contributed by atoms with E-state index < -0.39 is 5.60 Å². The number of carbonyl (C=O) groups is 1. The van der Waals surface area contributed by atoms with Crippen LogP contribution in [0.5, 0.6) is 0 Å². The molecule has 1 aromatic heterocycles. The maximum atomic E-state index is 12.6. The van der Waals surface area contributed by atoms with E-state index >= 15 is 0 Å². The quantitative estimate of drug-likeness (QED) is 0.877. The Morgan fingerprint density at radius 3 is 3.00 bits per heavy atom. The Labute approximate surface area is 124 Å². The first-order chi connectivity index (χ1) is 10.1. The van der Waals surface area contributed by atoms with Gasteiger partial charge in [0.1, 0.15) is 0 Å². The molecule has 2 heterocycles. The molecule has 21 heavy (non-hydrogen) atoms. The zero-order chi connectivity index (χ0) is 14.9. The monoisotopic (exact) mass is 293 g/mol. The minimum absolute atomic E-state index is 0.0778. The molecule has 0 radical (unpaired) electrons. The fourth-order valence-corrected chi connectivity index (χ4v) is 3.45. The van der Waals surface area contributed by atoms with Gasteiger partial charge in [-0.2, -0.15) is 5.10 Å². The van der Waals surface area contributed by atoms with Crippen LogP contribution in [-0.2, 0) is 4.74 Å². The summed E-state index contributed by atoms with van der Waals surface area (Å²) in [7, 11) is 1.75. The van der Waals surface area contributed by atoms with Crippen molar-refractivity contribution in [3.05, 3.63) is 17.5 Å². The molecule has 1 aromatic rings. The Bertz CT molecular complexity index is 502. The number of ether oxygens (including phenoxy) is 1. The molecule has 2 fully saturated rings. The number of amides is 1. The van der Waals surface area contributed by atoms with Crippen LogP contribution in [0.2, 0.25) is 0 Å². The molecule has 6 nitrogen and oxygen atoms in total. The van der Waals surface area contributed by atoms with Crippen LogP contribution in [0.15, 0.2) is 6.20 Å². The minimum atomic E-state index is -0.717. The average Bonchev–Trinajstić information content (AvgIpc) is 3.18. The number of nitrogens with one attached hydrogen (secondary N) is 1. The van der Waals surface area contributed by atoms with E-state index in [1.165, 1.54) is 0 Å². The van der Waals surface area contributed by atoms with Crippen LogP contribution in [0.25, 0.3) is 0 Å². The second-order valence-electron chi connectivity index (χ2n) is 6.35. The van der Waals surface area contributed by atoms with Crippen molar-refractivity contribution in [1.29, 1.82) is 0 Å². The SMILES string of the molecule is CN(CC1(O)CCCC1)C(=O)c1cn[nH]c1[C@H]1CCOC1. The summed E-state index contributed by atoms with van der Waals surface area (Å²) in [5, 5.41) is 17.4. The molecule has 0 unspecified atom stereocenters. The van der Waals surface area contributed by atoms with E-state index in [0.29, 0.717) is 18.7 Å². The number of carbonyl (C=O) groups excluding carboxylic acids is 1. The van der Waals surface area contributed by atoms with Gasteiger partial charge in [0, 0.05) is 26.1 Å². The molecule has 1 aliphatic carbocycles. The van der Waals surface area contributed by atoms with Gasteiger partial charge in [-0.15, -0.1) is 0 Å². The lowest BCUT2D eigenvalue weighted by Crippen LogP contribution is -2.42. The number of aromatic nitrogens is 2.